The average molecular weight is 302 g/mol. The van der Waals surface area contributed by atoms with Crippen LogP contribution in [-0.2, 0) is 11.3 Å². The lowest BCUT2D eigenvalue weighted by atomic mass is 10.2. The molecule has 0 aliphatic carbocycles. The van der Waals surface area contributed by atoms with Crippen LogP contribution in [0.3, 0.4) is 0 Å². The standard InChI is InChI=1S/C15H18N4O3/c1-22-13-4-3-11(9-12(13)20)10-19-14(21)5-8-18-15-16-6-2-7-17-15/h2-4,6-7,9,20H,5,8,10H2,1H3,(H,19,21)(H,16,17,18). The number of aromatic nitrogens is 2. The Morgan fingerprint density at radius 3 is 2.77 bits per heavy atom. The zero-order valence-electron chi connectivity index (χ0n) is 12.2. The van der Waals surface area contributed by atoms with Gasteiger partial charge < -0.3 is 20.5 Å². The summed E-state index contributed by atoms with van der Waals surface area (Å²) < 4.78 is 4.96. The SMILES string of the molecule is COc1ccc(CNC(=O)CCNc2ncccn2)cc1O. The number of ether oxygens (including phenoxy) is 1. The van der Waals surface area contributed by atoms with Gasteiger partial charge in [-0.2, -0.15) is 0 Å². The minimum absolute atomic E-state index is 0.0529. The van der Waals surface area contributed by atoms with Crippen molar-refractivity contribution in [2.45, 2.75) is 13.0 Å². The van der Waals surface area contributed by atoms with E-state index in [1.165, 1.54) is 7.11 Å². The van der Waals surface area contributed by atoms with Crippen LogP contribution < -0.4 is 15.4 Å². The summed E-state index contributed by atoms with van der Waals surface area (Å²) in [6.07, 6.45) is 3.57. The van der Waals surface area contributed by atoms with E-state index in [0.717, 1.165) is 5.56 Å². The molecule has 2 rings (SSSR count). The molecule has 7 heteroatoms. The molecule has 0 unspecified atom stereocenters. The van der Waals surface area contributed by atoms with Crippen molar-refractivity contribution in [3.63, 3.8) is 0 Å². The molecule has 1 heterocycles. The lowest BCUT2D eigenvalue weighted by Gasteiger charge is -2.08. The summed E-state index contributed by atoms with van der Waals surface area (Å²) in [6, 6.07) is 6.73. The summed E-state index contributed by atoms with van der Waals surface area (Å²) >= 11 is 0. The number of hydrogen-bond donors (Lipinski definition) is 3. The van der Waals surface area contributed by atoms with E-state index in [9.17, 15) is 9.90 Å². The van der Waals surface area contributed by atoms with E-state index in [4.69, 9.17) is 4.74 Å². The normalized spacial score (nSPS) is 10.0. The lowest BCUT2D eigenvalue weighted by Crippen LogP contribution is -2.25. The van der Waals surface area contributed by atoms with Crippen LogP contribution in [0.2, 0.25) is 0 Å². The van der Waals surface area contributed by atoms with Crippen LogP contribution in [0.25, 0.3) is 0 Å². The van der Waals surface area contributed by atoms with Gasteiger partial charge in [0, 0.05) is 31.9 Å². The molecule has 0 aliphatic rings. The summed E-state index contributed by atoms with van der Waals surface area (Å²) in [4.78, 5) is 19.7. The van der Waals surface area contributed by atoms with Crippen molar-refractivity contribution >= 4 is 11.9 Å². The Morgan fingerprint density at radius 1 is 1.32 bits per heavy atom. The predicted molar refractivity (Wildman–Crippen MR) is 81.6 cm³/mol. The van der Waals surface area contributed by atoms with E-state index >= 15 is 0 Å². The first-order valence-corrected chi connectivity index (χ1v) is 6.82. The summed E-state index contributed by atoms with van der Waals surface area (Å²) in [6.45, 7) is 0.794. The second-order valence-electron chi connectivity index (χ2n) is 4.53. The number of phenolic OH excluding ortho intramolecular Hbond substituents is 1. The van der Waals surface area contributed by atoms with Crippen LogP contribution in [0.4, 0.5) is 5.95 Å². The summed E-state index contributed by atoms with van der Waals surface area (Å²) in [7, 11) is 1.49. The zero-order chi connectivity index (χ0) is 15.8. The number of amides is 1. The Balaban J connectivity index is 1.72. The number of carbonyl (C=O) groups excluding carboxylic acids is 1. The first kappa shape index (κ1) is 15.6. The maximum Gasteiger partial charge on any atom is 0.222 e. The zero-order valence-corrected chi connectivity index (χ0v) is 12.2. The Morgan fingerprint density at radius 2 is 2.09 bits per heavy atom. The fourth-order valence-electron chi connectivity index (χ4n) is 1.81. The van der Waals surface area contributed by atoms with E-state index in [1.807, 2.05) is 0 Å². The topological polar surface area (TPSA) is 96.4 Å². The van der Waals surface area contributed by atoms with E-state index < -0.39 is 0 Å². The number of benzene rings is 1. The molecule has 1 amide bonds. The molecule has 0 atom stereocenters. The fraction of sp³-hybridized carbons (Fsp3) is 0.267. The molecule has 0 aliphatic heterocycles. The molecule has 0 spiro atoms. The van der Waals surface area contributed by atoms with Crippen molar-refractivity contribution in [2.75, 3.05) is 19.0 Å². The lowest BCUT2D eigenvalue weighted by molar-refractivity contribution is -0.121. The van der Waals surface area contributed by atoms with Gasteiger partial charge >= 0.3 is 0 Å². The van der Waals surface area contributed by atoms with Gasteiger partial charge in [-0.3, -0.25) is 4.79 Å². The van der Waals surface area contributed by atoms with Crippen molar-refractivity contribution < 1.29 is 14.6 Å². The molecule has 0 saturated carbocycles. The molecular weight excluding hydrogens is 284 g/mol. The van der Waals surface area contributed by atoms with Gasteiger partial charge in [-0.25, -0.2) is 9.97 Å². The fourth-order valence-corrected chi connectivity index (χ4v) is 1.81. The van der Waals surface area contributed by atoms with Crippen molar-refractivity contribution in [2.24, 2.45) is 0 Å². The number of methoxy groups -OCH3 is 1. The monoisotopic (exact) mass is 302 g/mol. The molecule has 1 aromatic carbocycles. The Labute approximate surface area is 128 Å². The maximum atomic E-state index is 11.7. The molecule has 3 N–H and O–H groups in total. The van der Waals surface area contributed by atoms with Gasteiger partial charge in [0.15, 0.2) is 11.5 Å². The third kappa shape index (κ3) is 4.62. The van der Waals surface area contributed by atoms with Crippen molar-refractivity contribution in [3.05, 3.63) is 42.2 Å². The van der Waals surface area contributed by atoms with Crippen LogP contribution in [0, 0.1) is 0 Å². The first-order chi connectivity index (χ1) is 10.7. The number of aromatic hydroxyl groups is 1. The summed E-state index contributed by atoms with van der Waals surface area (Å²) in [5, 5.41) is 15.4. The van der Waals surface area contributed by atoms with Gasteiger partial charge in [0.2, 0.25) is 11.9 Å². The molecule has 116 valence electrons. The van der Waals surface area contributed by atoms with Crippen molar-refractivity contribution in [1.29, 1.82) is 0 Å². The quantitative estimate of drug-likeness (QED) is 0.713. The maximum absolute atomic E-state index is 11.7. The number of carbonyl (C=O) groups is 1. The van der Waals surface area contributed by atoms with Crippen molar-refractivity contribution in [1.82, 2.24) is 15.3 Å². The van der Waals surface area contributed by atoms with E-state index in [2.05, 4.69) is 20.6 Å². The molecule has 1 aromatic heterocycles. The first-order valence-electron chi connectivity index (χ1n) is 6.82. The highest BCUT2D eigenvalue weighted by molar-refractivity contribution is 5.76. The van der Waals surface area contributed by atoms with Gasteiger partial charge in [-0.1, -0.05) is 6.07 Å². The van der Waals surface area contributed by atoms with E-state index in [1.54, 1.807) is 36.7 Å². The van der Waals surface area contributed by atoms with Gasteiger partial charge in [-0.15, -0.1) is 0 Å². The highest BCUT2D eigenvalue weighted by atomic mass is 16.5. The predicted octanol–water partition coefficient (Wildman–Crippen LogP) is 1.31. The Hall–Kier alpha value is -2.83. The smallest absolute Gasteiger partial charge is 0.222 e. The molecule has 0 fully saturated rings. The average Bonchev–Trinajstić information content (AvgIpc) is 2.54. The number of anilines is 1. The Bertz CT molecular complexity index is 619. The summed E-state index contributed by atoms with van der Waals surface area (Å²) in [5.74, 6) is 0.855. The molecule has 0 saturated heterocycles. The van der Waals surface area contributed by atoms with E-state index in [0.29, 0.717) is 31.2 Å². The number of hydrogen-bond acceptors (Lipinski definition) is 6. The van der Waals surface area contributed by atoms with Gasteiger partial charge in [0.1, 0.15) is 0 Å². The summed E-state index contributed by atoms with van der Waals surface area (Å²) in [5.41, 5.74) is 0.797. The van der Waals surface area contributed by atoms with Gasteiger partial charge in [0.25, 0.3) is 0 Å². The minimum Gasteiger partial charge on any atom is -0.504 e. The van der Waals surface area contributed by atoms with Gasteiger partial charge in [0.05, 0.1) is 7.11 Å². The van der Waals surface area contributed by atoms with Crippen LogP contribution in [0.15, 0.2) is 36.7 Å². The van der Waals surface area contributed by atoms with Crippen molar-refractivity contribution in [3.8, 4) is 11.5 Å². The number of nitrogens with zero attached hydrogens (tertiary/aromatic N) is 2. The second kappa shape index (κ2) is 7.82. The molecule has 7 nitrogen and oxygen atoms in total. The largest absolute Gasteiger partial charge is 0.504 e. The Kier molecular flexibility index (Phi) is 5.53. The number of phenols is 1. The van der Waals surface area contributed by atoms with Gasteiger partial charge in [-0.05, 0) is 23.8 Å². The second-order valence-corrected chi connectivity index (χ2v) is 4.53. The van der Waals surface area contributed by atoms with Crippen LogP contribution in [-0.4, -0.2) is 34.6 Å². The third-order valence-electron chi connectivity index (χ3n) is 2.93. The highest BCUT2D eigenvalue weighted by Crippen LogP contribution is 2.25. The highest BCUT2D eigenvalue weighted by Gasteiger charge is 2.05. The molecule has 0 bridgehead atoms. The van der Waals surface area contributed by atoms with Crippen LogP contribution >= 0.6 is 0 Å². The molecule has 2 aromatic rings. The van der Waals surface area contributed by atoms with E-state index in [-0.39, 0.29) is 11.7 Å². The van der Waals surface area contributed by atoms with Crippen LogP contribution in [0.1, 0.15) is 12.0 Å². The number of nitrogens with one attached hydrogen (secondary N) is 2. The van der Waals surface area contributed by atoms with Crippen LogP contribution in [0.5, 0.6) is 11.5 Å². The molecule has 22 heavy (non-hydrogen) atoms. The minimum atomic E-state index is -0.0984. The molecular formula is C15H18N4O3. The third-order valence-corrected chi connectivity index (χ3v) is 2.93. The molecule has 0 radical (unpaired) electrons. The number of rotatable bonds is 7.